The Hall–Kier alpha value is -2.22. The number of carbonyl (C=O) groups excluding carboxylic acids is 1. The van der Waals surface area contributed by atoms with E-state index in [2.05, 4.69) is 21.9 Å². The molecule has 150 valence electrons. The molecule has 0 spiro atoms. The number of fused-ring (bicyclic) bond motifs is 2. The van der Waals surface area contributed by atoms with Gasteiger partial charge in [0.25, 0.3) is 0 Å². The molecule has 2 aromatic rings. The number of hydrogen-bond acceptors (Lipinski definition) is 5. The SMILES string of the molecule is CN1CCc2nc3ccnn3c(N3CC(C(=O)N4CCC(F)CC4)C3)c2CC1. The molecule has 0 unspecified atom stereocenters. The van der Waals surface area contributed by atoms with Gasteiger partial charge >= 0.3 is 0 Å². The lowest BCUT2D eigenvalue weighted by atomic mass is 9.95. The normalized spacial score (nSPS) is 22.2. The summed E-state index contributed by atoms with van der Waals surface area (Å²) in [6.45, 7) is 4.53. The largest absolute Gasteiger partial charge is 0.354 e. The number of halogens is 1. The first-order valence-electron chi connectivity index (χ1n) is 10.3. The van der Waals surface area contributed by atoms with Gasteiger partial charge in [-0.1, -0.05) is 0 Å². The van der Waals surface area contributed by atoms with E-state index in [0.29, 0.717) is 39.0 Å². The Morgan fingerprint density at radius 1 is 1.14 bits per heavy atom. The standard InChI is InChI=1S/C20H27FN6O/c1-24-8-5-16-17(6-9-24)23-18-2-7-22-27(18)19(16)26-12-14(13-26)20(28)25-10-3-15(21)4-11-25/h2,7,14-15H,3-6,8-13H2,1H3. The maximum absolute atomic E-state index is 13.4. The third-order valence-corrected chi connectivity index (χ3v) is 6.43. The number of rotatable bonds is 2. The van der Waals surface area contributed by atoms with Gasteiger partial charge in [0.1, 0.15) is 12.0 Å². The van der Waals surface area contributed by atoms with E-state index in [4.69, 9.17) is 4.98 Å². The summed E-state index contributed by atoms with van der Waals surface area (Å²) >= 11 is 0. The van der Waals surface area contributed by atoms with E-state index in [1.165, 1.54) is 5.56 Å². The average molecular weight is 386 g/mol. The molecular formula is C20H27FN6O. The van der Waals surface area contributed by atoms with Gasteiger partial charge in [0.15, 0.2) is 5.65 Å². The van der Waals surface area contributed by atoms with Crippen LogP contribution in [0.4, 0.5) is 10.2 Å². The molecule has 3 aliphatic rings. The van der Waals surface area contributed by atoms with Crippen molar-refractivity contribution in [1.82, 2.24) is 24.4 Å². The highest BCUT2D eigenvalue weighted by Crippen LogP contribution is 2.33. The van der Waals surface area contributed by atoms with Crippen LogP contribution >= 0.6 is 0 Å². The van der Waals surface area contributed by atoms with E-state index >= 15 is 0 Å². The van der Waals surface area contributed by atoms with Crippen molar-refractivity contribution in [2.45, 2.75) is 31.9 Å². The van der Waals surface area contributed by atoms with Crippen molar-refractivity contribution in [3.8, 4) is 0 Å². The molecule has 2 aromatic heterocycles. The second kappa shape index (κ2) is 6.99. The lowest BCUT2D eigenvalue weighted by Gasteiger charge is -2.43. The first-order chi connectivity index (χ1) is 13.6. The lowest BCUT2D eigenvalue weighted by molar-refractivity contribution is -0.137. The summed E-state index contributed by atoms with van der Waals surface area (Å²) in [5, 5.41) is 4.51. The fraction of sp³-hybridized carbons (Fsp3) is 0.650. The Morgan fingerprint density at radius 3 is 2.68 bits per heavy atom. The van der Waals surface area contributed by atoms with Gasteiger partial charge in [-0.3, -0.25) is 4.79 Å². The maximum atomic E-state index is 13.4. The Bertz CT molecular complexity index is 884. The van der Waals surface area contributed by atoms with Crippen LogP contribution in [0.3, 0.4) is 0 Å². The zero-order chi connectivity index (χ0) is 19.3. The second-order valence-electron chi connectivity index (χ2n) is 8.37. The summed E-state index contributed by atoms with van der Waals surface area (Å²) in [5.41, 5.74) is 3.30. The number of likely N-dealkylation sites (N-methyl/N-ethyl adjacent to an activating group) is 1. The van der Waals surface area contributed by atoms with Gasteiger partial charge in [0.2, 0.25) is 5.91 Å². The maximum Gasteiger partial charge on any atom is 0.229 e. The van der Waals surface area contributed by atoms with Crippen LogP contribution in [0.25, 0.3) is 5.65 Å². The molecule has 0 N–H and O–H groups in total. The monoisotopic (exact) mass is 386 g/mol. The zero-order valence-electron chi connectivity index (χ0n) is 16.3. The van der Waals surface area contributed by atoms with Crippen LogP contribution < -0.4 is 4.90 Å². The van der Waals surface area contributed by atoms with Crippen LogP contribution in [-0.4, -0.2) is 82.8 Å². The molecule has 0 aliphatic carbocycles. The predicted molar refractivity (Wildman–Crippen MR) is 104 cm³/mol. The molecule has 0 radical (unpaired) electrons. The first-order valence-corrected chi connectivity index (χ1v) is 10.3. The van der Waals surface area contributed by atoms with Gasteiger partial charge in [0.05, 0.1) is 17.8 Å². The minimum absolute atomic E-state index is 0.000888. The third kappa shape index (κ3) is 3.03. The number of aromatic nitrogens is 3. The number of hydrogen-bond donors (Lipinski definition) is 0. The molecule has 5 rings (SSSR count). The zero-order valence-corrected chi connectivity index (χ0v) is 16.3. The molecule has 0 bridgehead atoms. The van der Waals surface area contributed by atoms with Crippen molar-refractivity contribution in [1.29, 1.82) is 0 Å². The number of piperidine rings is 1. The van der Waals surface area contributed by atoms with Crippen LogP contribution in [-0.2, 0) is 17.6 Å². The minimum Gasteiger partial charge on any atom is -0.354 e. The Labute approximate surface area is 164 Å². The number of amides is 1. The molecule has 0 atom stereocenters. The highest BCUT2D eigenvalue weighted by atomic mass is 19.1. The molecule has 28 heavy (non-hydrogen) atoms. The highest BCUT2D eigenvalue weighted by Gasteiger charge is 2.39. The molecular weight excluding hydrogens is 359 g/mol. The number of carbonyl (C=O) groups is 1. The van der Waals surface area contributed by atoms with Crippen LogP contribution in [0.5, 0.6) is 0 Å². The van der Waals surface area contributed by atoms with E-state index in [0.717, 1.165) is 43.1 Å². The average Bonchev–Trinajstić information content (AvgIpc) is 3.04. The van der Waals surface area contributed by atoms with E-state index < -0.39 is 6.17 Å². The van der Waals surface area contributed by atoms with Gasteiger partial charge in [-0.05, 0) is 26.3 Å². The number of alkyl halides is 1. The van der Waals surface area contributed by atoms with Gasteiger partial charge in [0, 0.05) is 57.3 Å². The molecule has 5 heterocycles. The molecule has 8 heteroatoms. The van der Waals surface area contributed by atoms with Gasteiger partial charge < -0.3 is 14.7 Å². The van der Waals surface area contributed by atoms with Crippen molar-refractivity contribution in [2.75, 3.05) is 51.2 Å². The second-order valence-corrected chi connectivity index (χ2v) is 8.37. The third-order valence-electron chi connectivity index (χ3n) is 6.43. The molecule has 0 aromatic carbocycles. The first kappa shape index (κ1) is 17.8. The van der Waals surface area contributed by atoms with Crippen molar-refractivity contribution in [3.63, 3.8) is 0 Å². The van der Waals surface area contributed by atoms with E-state index in [-0.39, 0.29) is 11.8 Å². The molecule has 0 saturated carbocycles. The van der Waals surface area contributed by atoms with Gasteiger partial charge in [-0.2, -0.15) is 9.61 Å². The Balaban J connectivity index is 1.37. The number of nitrogens with zero attached hydrogens (tertiary/aromatic N) is 6. The van der Waals surface area contributed by atoms with Crippen molar-refractivity contribution >= 4 is 17.4 Å². The summed E-state index contributed by atoms with van der Waals surface area (Å²) in [6, 6.07) is 1.95. The van der Waals surface area contributed by atoms with E-state index in [1.807, 2.05) is 15.5 Å². The summed E-state index contributed by atoms with van der Waals surface area (Å²) in [4.78, 5) is 24.1. The predicted octanol–water partition coefficient (Wildman–Crippen LogP) is 1.16. The molecule has 7 nitrogen and oxygen atoms in total. The summed E-state index contributed by atoms with van der Waals surface area (Å²) in [5.74, 6) is 1.28. The van der Waals surface area contributed by atoms with Gasteiger partial charge in [-0.15, -0.1) is 0 Å². The van der Waals surface area contributed by atoms with Crippen LogP contribution in [0.15, 0.2) is 12.3 Å². The Kier molecular flexibility index (Phi) is 4.45. The topological polar surface area (TPSA) is 57.0 Å². The lowest BCUT2D eigenvalue weighted by Crippen LogP contribution is -2.56. The van der Waals surface area contributed by atoms with E-state index in [9.17, 15) is 9.18 Å². The number of anilines is 1. The minimum atomic E-state index is -0.750. The molecule has 3 aliphatic heterocycles. The van der Waals surface area contributed by atoms with Crippen molar-refractivity contribution < 1.29 is 9.18 Å². The quantitative estimate of drug-likeness (QED) is 0.775. The van der Waals surface area contributed by atoms with Crippen LogP contribution in [0, 0.1) is 5.92 Å². The Morgan fingerprint density at radius 2 is 1.89 bits per heavy atom. The van der Waals surface area contributed by atoms with Crippen LogP contribution in [0.1, 0.15) is 24.1 Å². The molecule has 1 amide bonds. The van der Waals surface area contributed by atoms with Crippen LogP contribution in [0.2, 0.25) is 0 Å². The van der Waals surface area contributed by atoms with E-state index in [1.54, 1.807) is 6.20 Å². The molecule has 2 saturated heterocycles. The summed E-state index contributed by atoms with van der Waals surface area (Å²) in [7, 11) is 2.15. The highest BCUT2D eigenvalue weighted by molar-refractivity contribution is 5.82. The smallest absolute Gasteiger partial charge is 0.229 e. The number of likely N-dealkylation sites (tertiary alicyclic amines) is 1. The van der Waals surface area contributed by atoms with Crippen molar-refractivity contribution in [2.24, 2.45) is 5.92 Å². The fourth-order valence-corrected chi connectivity index (χ4v) is 4.64. The fourth-order valence-electron chi connectivity index (χ4n) is 4.64. The molecule has 2 fully saturated rings. The summed E-state index contributed by atoms with van der Waals surface area (Å²) < 4.78 is 15.3. The van der Waals surface area contributed by atoms with Gasteiger partial charge in [-0.25, -0.2) is 9.37 Å². The summed E-state index contributed by atoms with van der Waals surface area (Å²) in [6.07, 6.45) is 3.88. The van der Waals surface area contributed by atoms with Crippen molar-refractivity contribution in [3.05, 3.63) is 23.5 Å².